The van der Waals surface area contributed by atoms with Crippen LogP contribution in [0.2, 0.25) is 0 Å². The van der Waals surface area contributed by atoms with E-state index in [1.807, 2.05) is 0 Å². The molecule has 1 saturated heterocycles. The van der Waals surface area contributed by atoms with Crippen molar-refractivity contribution in [3.8, 4) is 0 Å². The summed E-state index contributed by atoms with van der Waals surface area (Å²) in [5, 5.41) is 3.81. The first-order valence-electron chi connectivity index (χ1n) is 8.47. The van der Waals surface area contributed by atoms with Gasteiger partial charge in [-0.25, -0.2) is 12.7 Å². The van der Waals surface area contributed by atoms with Crippen molar-refractivity contribution in [2.75, 3.05) is 18.8 Å². The molecule has 1 aliphatic heterocycles. The summed E-state index contributed by atoms with van der Waals surface area (Å²) in [6, 6.07) is 1.10. The predicted molar refractivity (Wildman–Crippen MR) is 87.8 cm³/mol. The molecule has 5 heteroatoms. The van der Waals surface area contributed by atoms with Crippen molar-refractivity contribution in [3.05, 3.63) is 0 Å². The summed E-state index contributed by atoms with van der Waals surface area (Å²) < 4.78 is 25.4. The van der Waals surface area contributed by atoms with Gasteiger partial charge in [0.15, 0.2) is 0 Å². The van der Waals surface area contributed by atoms with Gasteiger partial charge in [-0.15, -0.1) is 0 Å². The Morgan fingerprint density at radius 3 is 2.33 bits per heavy atom. The Labute approximate surface area is 130 Å². The van der Waals surface area contributed by atoms with Crippen LogP contribution in [0.5, 0.6) is 0 Å². The summed E-state index contributed by atoms with van der Waals surface area (Å²) in [7, 11) is -3.00. The highest BCUT2D eigenvalue weighted by atomic mass is 32.2. The molecule has 0 radical (unpaired) electrons. The van der Waals surface area contributed by atoms with Crippen LogP contribution in [0.25, 0.3) is 0 Å². The molecule has 2 aliphatic rings. The van der Waals surface area contributed by atoms with Crippen molar-refractivity contribution < 1.29 is 8.42 Å². The second kappa shape index (κ2) is 6.55. The fraction of sp³-hybridized carbons (Fsp3) is 1.00. The van der Waals surface area contributed by atoms with Crippen LogP contribution < -0.4 is 5.32 Å². The van der Waals surface area contributed by atoms with Crippen molar-refractivity contribution in [2.24, 2.45) is 11.3 Å². The number of nitrogens with zero attached hydrogens (tertiary/aromatic N) is 1. The van der Waals surface area contributed by atoms with E-state index in [1.165, 1.54) is 19.3 Å². The fourth-order valence-corrected chi connectivity index (χ4v) is 5.11. The maximum absolute atomic E-state index is 11.9. The van der Waals surface area contributed by atoms with Gasteiger partial charge in [-0.2, -0.15) is 0 Å². The number of nitrogens with one attached hydrogen (secondary N) is 1. The topological polar surface area (TPSA) is 49.4 Å². The van der Waals surface area contributed by atoms with E-state index in [4.69, 9.17) is 0 Å². The van der Waals surface area contributed by atoms with Gasteiger partial charge in [0.1, 0.15) is 0 Å². The van der Waals surface area contributed by atoms with Gasteiger partial charge < -0.3 is 5.32 Å². The highest BCUT2D eigenvalue weighted by molar-refractivity contribution is 7.89. The number of rotatable bonds is 4. The third-order valence-corrected chi connectivity index (χ3v) is 7.24. The summed E-state index contributed by atoms with van der Waals surface area (Å²) in [4.78, 5) is 0. The van der Waals surface area contributed by atoms with Crippen LogP contribution in [0, 0.1) is 11.3 Å². The Morgan fingerprint density at radius 1 is 1.19 bits per heavy atom. The van der Waals surface area contributed by atoms with Crippen molar-refractivity contribution >= 4 is 10.0 Å². The molecule has 2 fully saturated rings. The van der Waals surface area contributed by atoms with Crippen molar-refractivity contribution in [1.29, 1.82) is 0 Å². The first-order valence-corrected chi connectivity index (χ1v) is 10.1. The smallest absolute Gasteiger partial charge is 0.213 e. The molecular formula is C16H32N2O2S. The van der Waals surface area contributed by atoms with Gasteiger partial charge >= 0.3 is 0 Å². The Balaban J connectivity index is 1.82. The van der Waals surface area contributed by atoms with Crippen LogP contribution in [-0.4, -0.2) is 43.6 Å². The lowest BCUT2D eigenvalue weighted by molar-refractivity contribution is 0.132. The van der Waals surface area contributed by atoms with Gasteiger partial charge in [-0.1, -0.05) is 20.8 Å². The highest BCUT2D eigenvalue weighted by Gasteiger charge is 2.34. The number of sulfonamides is 1. The summed E-state index contributed by atoms with van der Waals surface area (Å²) in [6.07, 6.45) is 5.73. The van der Waals surface area contributed by atoms with E-state index in [0.717, 1.165) is 12.8 Å². The lowest BCUT2D eigenvalue weighted by Crippen LogP contribution is -2.51. The lowest BCUT2D eigenvalue weighted by atomic mass is 9.70. The molecule has 1 saturated carbocycles. The van der Waals surface area contributed by atoms with Crippen LogP contribution in [0.3, 0.4) is 0 Å². The molecule has 2 atom stereocenters. The van der Waals surface area contributed by atoms with Gasteiger partial charge in [-0.05, 0) is 50.4 Å². The highest BCUT2D eigenvalue weighted by Crippen LogP contribution is 2.38. The molecule has 2 rings (SSSR count). The van der Waals surface area contributed by atoms with Crippen molar-refractivity contribution in [3.63, 3.8) is 0 Å². The monoisotopic (exact) mass is 316 g/mol. The zero-order valence-corrected chi connectivity index (χ0v) is 14.9. The zero-order chi connectivity index (χ0) is 15.7. The molecule has 1 aliphatic carbocycles. The average molecular weight is 317 g/mol. The number of piperidine rings is 1. The minimum Gasteiger partial charge on any atom is -0.311 e. The predicted octanol–water partition coefficient (Wildman–Crippen LogP) is 2.60. The van der Waals surface area contributed by atoms with Gasteiger partial charge in [0, 0.05) is 25.2 Å². The van der Waals surface area contributed by atoms with Gasteiger partial charge in [-0.3, -0.25) is 0 Å². The van der Waals surface area contributed by atoms with E-state index in [2.05, 4.69) is 26.1 Å². The van der Waals surface area contributed by atoms with Crippen LogP contribution in [0.1, 0.15) is 59.8 Å². The lowest BCUT2D eigenvalue weighted by Gasteiger charge is -2.42. The summed E-state index contributed by atoms with van der Waals surface area (Å²) in [5.74, 6) is 0.936. The van der Waals surface area contributed by atoms with E-state index in [1.54, 1.807) is 11.2 Å². The quantitative estimate of drug-likeness (QED) is 0.867. The first-order chi connectivity index (χ1) is 9.73. The molecule has 1 heterocycles. The molecule has 0 amide bonds. The molecule has 0 aromatic rings. The first kappa shape index (κ1) is 17.2. The largest absolute Gasteiger partial charge is 0.311 e. The number of hydrogen-bond acceptors (Lipinski definition) is 3. The molecule has 0 aromatic heterocycles. The van der Waals surface area contributed by atoms with E-state index in [9.17, 15) is 8.42 Å². The van der Waals surface area contributed by atoms with Gasteiger partial charge in [0.2, 0.25) is 10.0 Å². The fourth-order valence-electron chi connectivity index (χ4n) is 3.98. The minimum absolute atomic E-state index is 0.222. The second-order valence-electron chi connectivity index (χ2n) is 7.73. The van der Waals surface area contributed by atoms with Crippen LogP contribution >= 0.6 is 0 Å². The molecule has 0 bridgehead atoms. The molecule has 21 heavy (non-hydrogen) atoms. The Morgan fingerprint density at radius 2 is 1.81 bits per heavy atom. The molecule has 124 valence electrons. The van der Waals surface area contributed by atoms with E-state index in [0.29, 0.717) is 36.5 Å². The number of hydrogen-bond donors (Lipinski definition) is 1. The minimum atomic E-state index is -3.00. The maximum Gasteiger partial charge on any atom is 0.213 e. The van der Waals surface area contributed by atoms with E-state index < -0.39 is 10.0 Å². The third-order valence-electron chi connectivity index (χ3n) is 5.36. The zero-order valence-electron chi connectivity index (χ0n) is 14.1. The molecular weight excluding hydrogens is 284 g/mol. The van der Waals surface area contributed by atoms with Crippen LogP contribution in [0.4, 0.5) is 0 Å². The SMILES string of the molecule is CCS(=O)(=O)N1CCC(NC2CCC(C)(C)CC2C)CC1. The summed E-state index contributed by atoms with van der Waals surface area (Å²) in [5.41, 5.74) is 0.482. The Bertz CT molecular complexity index is 439. The van der Waals surface area contributed by atoms with Crippen molar-refractivity contribution in [2.45, 2.75) is 71.9 Å². The van der Waals surface area contributed by atoms with E-state index in [-0.39, 0.29) is 5.75 Å². The maximum atomic E-state index is 11.9. The Kier molecular flexibility index (Phi) is 5.37. The molecule has 0 aromatic carbocycles. The normalized spacial score (nSPS) is 32.2. The van der Waals surface area contributed by atoms with Crippen LogP contribution in [-0.2, 0) is 10.0 Å². The Hall–Kier alpha value is -0.130. The average Bonchev–Trinajstić information content (AvgIpc) is 2.42. The van der Waals surface area contributed by atoms with Crippen molar-refractivity contribution in [1.82, 2.24) is 9.62 Å². The van der Waals surface area contributed by atoms with Gasteiger partial charge in [0.05, 0.1) is 5.75 Å². The molecule has 2 unspecified atom stereocenters. The second-order valence-corrected chi connectivity index (χ2v) is 9.99. The summed E-state index contributed by atoms with van der Waals surface area (Å²) in [6.45, 7) is 10.2. The summed E-state index contributed by atoms with van der Waals surface area (Å²) >= 11 is 0. The molecule has 1 N–H and O–H groups in total. The standard InChI is InChI=1S/C16H32N2O2S/c1-5-21(19,20)18-10-7-14(8-11-18)17-15-6-9-16(3,4)12-13(15)2/h13-15,17H,5-12H2,1-4H3. The molecule has 4 nitrogen and oxygen atoms in total. The molecule has 0 spiro atoms. The third kappa shape index (κ3) is 4.42. The van der Waals surface area contributed by atoms with E-state index >= 15 is 0 Å². The van der Waals surface area contributed by atoms with Gasteiger partial charge in [0.25, 0.3) is 0 Å². The van der Waals surface area contributed by atoms with Crippen LogP contribution in [0.15, 0.2) is 0 Å².